The van der Waals surface area contributed by atoms with Gasteiger partial charge < -0.3 is 5.32 Å². The molecule has 0 spiro atoms. The van der Waals surface area contributed by atoms with E-state index in [4.69, 9.17) is 33.2 Å². The van der Waals surface area contributed by atoms with Gasteiger partial charge in [0.1, 0.15) is 5.71 Å². The molecule has 0 atom stereocenters. The first-order chi connectivity index (χ1) is 12.6. The molecule has 0 saturated carbocycles. The molecule has 26 heavy (non-hydrogen) atoms. The summed E-state index contributed by atoms with van der Waals surface area (Å²) in [5.74, 6) is 0.714. The number of halogens is 2. The van der Waals surface area contributed by atoms with E-state index < -0.39 is 0 Å². The fourth-order valence-corrected chi connectivity index (χ4v) is 3.11. The number of aliphatic imine (C=N–C) groups is 2. The average molecular weight is 380 g/mol. The Morgan fingerprint density at radius 1 is 0.846 bits per heavy atom. The largest absolute Gasteiger partial charge is 0.338 e. The maximum absolute atomic E-state index is 5.99. The molecule has 0 saturated heterocycles. The maximum Gasteiger partial charge on any atom is 0.157 e. The molecule has 3 aromatic rings. The maximum atomic E-state index is 5.99. The second kappa shape index (κ2) is 6.94. The van der Waals surface area contributed by atoms with Gasteiger partial charge in [0, 0.05) is 21.3 Å². The van der Waals surface area contributed by atoms with Crippen molar-refractivity contribution in [2.45, 2.75) is 6.92 Å². The van der Waals surface area contributed by atoms with Crippen LogP contribution < -0.4 is 5.32 Å². The molecule has 1 heterocycles. The summed E-state index contributed by atoms with van der Waals surface area (Å²) >= 11 is 12.0. The molecule has 0 amide bonds. The number of fused-ring (bicyclic) bond motifs is 1. The minimum atomic E-state index is 0.685. The van der Waals surface area contributed by atoms with Gasteiger partial charge in [-0.1, -0.05) is 35.3 Å². The smallest absolute Gasteiger partial charge is 0.157 e. The van der Waals surface area contributed by atoms with E-state index >= 15 is 0 Å². The number of nitrogens with zero attached hydrogens (tertiary/aromatic N) is 2. The van der Waals surface area contributed by atoms with Crippen LogP contribution in [0.2, 0.25) is 10.0 Å². The Bertz CT molecular complexity index is 1020. The Labute approximate surface area is 162 Å². The van der Waals surface area contributed by atoms with Gasteiger partial charge in [-0.15, -0.1) is 0 Å². The molecule has 3 aromatic carbocycles. The first-order valence-electron chi connectivity index (χ1n) is 8.16. The summed E-state index contributed by atoms with van der Waals surface area (Å²) in [6.07, 6.45) is 0. The zero-order chi connectivity index (χ0) is 18.1. The molecule has 3 nitrogen and oxygen atoms in total. The third-order valence-electron chi connectivity index (χ3n) is 4.12. The van der Waals surface area contributed by atoms with Crippen molar-refractivity contribution in [3.05, 3.63) is 87.9 Å². The van der Waals surface area contributed by atoms with Crippen LogP contribution in [0.25, 0.3) is 0 Å². The Morgan fingerprint density at radius 3 is 2.19 bits per heavy atom. The van der Waals surface area contributed by atoms with Gasteiger partial charge in [-0.25, -0.2) is 9.98 Å². The number of rotatable bonds is 2. The predicted octanol–water partition coefficient (Wildman–Crippen LogP) is 6.58. The second-order valence-electron chi connectivity index (χ2n) is 6.00. The Morgan fingerprint density at radius 2 is 1.50 bits per heavy atom. The monoisotopic (exact) mass is 379 g/mol. The standard InChI is InChI=1S/C21H15Cl2N3/c1-13-3-2-4-18-19(13)20(24-16-9-5-14(22)6-10-16)21(26-18)25-17-11-7-15(23)8-12-17/h2-12H,1H3,(H,24,25,26). The number of nitrogens with one attached hydrogen (secondary N) is 1. The number of anilines is 1. The summed E-state index contributed by atoms with van der Waals surface area (Å²) in [5.41, 5.74) is 5.63. The molecule has 0 fully saturated rings. The van der Waals surface area contributed by atoms with Crippen LogP contribution in [-0.4, -0.2) is 11.5 Å². The molecule has 1 aliphatic heterocycles. The van der Waals surface area contributed by atoms with Crippen molar-refractivity contribution in [3.8, 4) is 0 Å². The molecule has 4 rings (SSSR count). The Kier molecular flexibility index (Phi) is 4.49. The van der Waals surface area contributed by atoms with Gasteiger partial charge in [-0.3, -0.25) is 0 Å². The van der Waals surface area contributed by atoms with Crippen molar-refractivity contribution < 1.29 is 0 Å². The minimum absolute atomic E-state index is 0.685. The van der Waals surface area contributed by atoms with Gasteiger partial charge in [-0.05, 0) is 67.1 Å². The third kappa shape index (κ3) is 3.36. The van der Waals surface area contributed by atoms with E-state index in [0.717, 1.165) is 33.9 Å². The van der Waals surface area contributed by atoms with Crippen LogP contribution in [0.5, 0.6) is 0 Å². The van der Waals surface area contributed by atoms with Crippen LogP contribution in [0.4, 0.5) is 17.1 Å². The van der Waals surface area contributed by atoms with Gasteiger partial charge in [0.2, 0.25) is 0 Å². The lowest BCUT2D eigenvalue weighted by Crippen LogP contribution is -2.21. The minimum Gasteiger partial charge on any atom is -0.338 e. The van der Waals surface area contributed by atoms with Crippen LogP contribution in [0.1, 0.15) is 11.1 Å². The molecular formula is C21H15Cl2N3. The molecule has 0 aromatic heterocycles. The third-order valence-corrected chi connectivity index (χ3v) is 4.62. The highest BCUT2D eigenvalue weighted by atomic mass is 35.5. The fourth-order valence-electron chi connectivity index (χ4n) is 2.86. The molecule has 1 N–H and O–H groups in total. The normalized spacial score (nSPS) is 14.3. The topological polar surface area (TPSA) is 36.8 Å². The zero-order valence-corrected chi connectivity index (χ0v) is 15.5. The van der Waals surface area contributed by atoms with Crippen LogP contribution in [-0.2, 0) is 0 Å². The quantitative estimate of drug-likeness (QED) is 0.536. The molecule has 5 heteroatoms. The van der Waals surface area contributed by atoms with Crippen molar-refractivity contribution in [1.82, 2.24) is 0 Å². The predicted molar refractivity (Wildman–Crippen MR) is 111 cm³/mol. The van der Waals surface area contributed by atoms with Crippen molar-refractivity contribution in [2.24, 2.45) is 9.98 Å². The Hall–Kier alpha value is -2.62. The van der Waals surface area contributed by atoms with E-state index in [9.17, 15) is 0 Å². The van der Waals surface area contributed by atoms with Crippen LogP contribution >= 0.6 is 23.2 Å². The van der Waals surface area contributed by atoms with Crippen molar-refractivity contribution in [2.75, 3.05) is 5.32 Å². The Balaban J connectivity index is 1.77. The van der Waals surface area contributed by atoms with Crippen LogP contribution in [0.3, 0.4) is 0 Å². The van der Waals surface area contributed by atoms with Crippen molar-refractivity contribution in [3.63, 3.8) is 0 Å². The zero-order valence-electron chi connectivity index (χ0n) is 14.0. The van der Waals surface area contributed by atoms with Crippen molar-refractivity contribution >= 4 is 51.8 Å². The van der Waals surface area contributed by atoms with Gasteiger partial charge in [0.25, 0.3) is 0 Å². The molecule has 0 unspecified atom stereocenters. The first kappa shape index (κ1) is 16.8. The lowest BCUT2D eigenvalue weighted by molar-refractivity contribution is 1.42. The summed E-state index contributed by atoms with van der Waals surface area (Å²) < 4.78 is 0. The van der Waals surface area contributed by atoms with E-state index in [1.807, 2.05) is 60.7 Å². The van der Waals surface area contributed by atoms with E-state index in [1.54, 1.807) is 0 Å². The highest BCUT2D eigenvalue weighted by Crippen LogP contribution is 2.32. The lowest BCUT2D eigenvalue weighted by atomic mass is 10.0. The first-order valence-corrected chi connectivity index (χ1v) is 8.92. The summed E-state index contributed by atoms with van der Waals surface area (Å²) in [4.78, 5) is 9.58. The summed E-state index contributed by atoms with van der Waals surface area (Å²) in [7, 11) is 0. The van der Waals surface area contributed by atoms with Crippen LogP contribution in [0, 0.1) is 6.92 Å². The second-order valence-corrected chi connectivity index (χ2v) is 6.87. The van der Waals surface area contributed by atoms with E-state index in [1.165, 1.54) is 0 Å². The molecule has 0 aliphatic carbocycles. The van der Waals surface area contributed by atoms with Crippen molar-refractivity contribution in [1.29, 1.82) is 0 Å². The number of aryl methyl sites for hydroxylation is 1. The summed E-state index contributed by atoms with van der Waals surface area (Å²) in [5, 5.41) is 4.74. The van der Waals surface area contributed by atoms with E-state index in [0.29, 0.717) is 15.9 Å². The summed E-state index contributed by atoms with van der Waals surface area (Å²) in [6, 6.07) is 21.0. The SMILES string of the molecule is Cc1cccc2c1C(=Nc1ccc(Cl)cc1)C(Nc1ccc(Cl)cc1)=N2. The van der Waals surface area contributed by atoms with E-state index in [-0.39, 0.29) is 0 Å². The molecule has 128 valence electrons. The summed E-state index contributed by atoms with van der Waals surface area (Å²) in [6.45, 7) is 2.07. The molecular weight excluding hydrogens is 365 g/mol. The lowest BCUT2D eigenvalue weighted by Gasteiger charge is -2.09. The van der Waals surface area contributed by atoms with Crippen LogP contribution in [0.15, 0.2) is 76.7 Å². The van der Waals surface area contributed by atoms with Gasteiger partial charge in [0.15, 0.2) is 5.84 Å². The number of benzene rings is 3. The molecule has 1 aliphatic rings. The van der Waals surface area contributed by atoms with Gasteiger partial charge >= 0.3 is 0 Å². The number of hydrogen-bond donors (Lipinski definition) is 1. The molecule has 0 radical (unpaired) electrons. The highest BCUT2D eigenvalue weighted by molar-refractivity contribution is 6.55. The number of amidine groups is 1. The van der Waals surface area contributed by atoms with E-state index in [2.05, 4.69) is 18.3 Å². The van der Waals surface area contributed by atoms with Gasteiger partial charge in [0.05, 0.1) is 11.4 Å². The number of hydrogen-bond acceptors (Lipinski definition) is 3. The molecule has 0 bridgehead atoms. The fraction of sp³-hybridized carbons (Fsp3) is 0.0476. The highest BCUT2D eigenvalue weighted by Gasteiger charge is 2.24. The van der Waals surface area contributed by atoms with Gasteiger partial charge in [-0.2, -0.15) is 0 Å². The average Bonchev–Trinajstić information content (AvgIpc) is 2.97.